The van der Waals surface area contributed by atoms with Gasteiger partial charge in [-0.1, -0.05) is 78.9 Å². The number of benzene rings is 3. The molecule has 0 saturated carbocycles. The van der Waals surface area contributed by atoms with Gasteiger partial charge < -0.3 is 0 Å². The molecule has 0 N–H and O–H groups in total. The Hall–Kier alpha value is -3.19. The second kappa shape index (κ2) is 6.13. The fraction of sp³-hybridized carbons (Fsp3) is 0. The zero-order valence-corrected chi connectivity index (χ0v) is 13.1. The average molecular weight is 308 g/mol. The molecule has 4 rings (SSSR count). The van der Waals surface area contributed by atoms with Gasteiger partial charge in [0.25, 0.3) is 0 Å². The van der Waals surface area contributed by atoms with Gasteiger partial charge in [0.05, 0.1) is 0 Å². The Morgan fingerprint density at radius 2 is 1.46 bits per heavy atom. The minimum absolute atomic E-state index is 0.763. The van der Waals surface area contributed by atoms with Crippen LogP contribution in [0.15, 0.2) is 96.1 Å². The topological polar surface area (TPSA) is 17.1 Å². The van der Waals surface area contributed by atoms with Crippen molar-refractivity contribution in [1.29, 1.82) is 0 Å². The summed E-state index contributed by atoms with van der Waals surface area (Å²) in [6, 6.07) is 24.8. The van der Waals surface area contributed by atoms with Gasteiger partial charge >= 0.3 is 0 Å². The molecule has 0 bridgehead atoms. The maximum atomic E-state index is 11.2. The van der Waals surface area contributed by atoms with Crippen LogP contribution in [-0.4, -0.2) is 6.29 Å². The number of aldehydes is 1. The van der Waals surface area contributed by atoms with E-state index in [0.717, 1.165) is 34.1 Å². The zero-order chi connectivity index (χ0) is 16.4. The second-order valence-electron chi connectivity index (χ2n) is 5.85. The molecule has 0 heterocycles. The van der Waals surface area contributed by atoms with Crippen LogP contribution >= 0.6 is 0 Å². The van der Waals surface area contributed by atoms with E-state index in [1.54, 1.807) is 0 Å². The smallest absolute Gasteiger partial charge is 0.150 e. The molecule has 24 heavy (non-hydrogen) atoms. The Bertz CT molecular complexity index is 1000. The molecule has 0 fully saturated rings. The van der Waals surface area contributed by atoms with E-state index in [1.165, 1.54) is 10.8 Å². The van der Waals surface area contributed by atoms with E-state index >= 15 is 0 Å². The molecule has 1 aliphatic carbocycles. The minimum atomic E-state index is 0.763. The van der Waals surface area contributed by atoms with Crippen molar-refractivity contribution in [2.75, 3.05) is 0 Å². The third kappa shape index (κ3) is 2.61. The second-order valence-corrected chi connectivity index (χ2v) is 5.85. The molecule has 0 amide bonds. The highest BCUT2D eigenvalue weighted by molar-refractivity contribution is 6.07. The molecular formula is C23H16O. The minimum Gasteiger partial charge on any atom is -0.298 e. The number of hydrogen-bond acceptors (Lipinski definition) is 1. The summed E-state index contributed by atoms with van der Waals surface area (Å²) in [5.41, 5.74) is 5.13. The lowest BCUT2D eigenvalue weighted by Crippen LogP contribution is -2.03. The highest BCUT2D eigenvalue weighted by atomic mass is 16.1. The van der Waals surface area contributed by atoms with Crippen LogP contribution in [-0.2, 0) is 4.79 Å². The highest BCUT2D eigenvalue weighted by Gasteiger charge is 2.18. The molecule has 1 aliphatic rings. The van der Waals surface area contributed by atoms with Crippen molar-refractivity contribution in [2.24, 2.45) is 0 Å². The molecule has 0 unspecified atom stereocenters. The van der Waals surface area contributed by atoms with Crippen molar-refractivity contribution in [2.45, 2.75) is 0 Å². The zero-order valence-electron chi connectivity index (χ0n) is 13.1. The van der Waals surface area contributed by atoms with Gasteiger partial charge in [0.15, 0.2) is 6.29 Å². The Balaban J connectivity index is 1.67. The first-order valence-electron chi connectivity index (χ1n) is 7.99. The number of fused-ring (bicyclic) bond motifs is 1. The first-order chi connectivity index (χ1) is 11.8. The fourth-order valence-corrected chi connectivity index (χ4v) is 3.06. The molecule has 3 aromatic rings. The first kappa shape index (κ1) is 14.4. The van der Waals surface area contributed by atoms with Crippen LogP contribution in [0.1, 0.15) is 11.1 Å². The van der Waals surface area contributed by atoms with Crippen LogP contribution < -0.4 is 0 Å². The number of carbonyl (C=O) groups excluding carboxylic acids is 1. The standard InChI is InChI=1S/C23H16O/c24-16-22-15-21(23(22)19-7-2-1-3-8-19)13-11-17-10-12-18-6-4-5-9-20(18)14-17/h1-16H/b13-11+. The van der Waals surface area contributed by atoms with Crippen molar-refractivity contribution >= 4 is 28.7 Å². The summed E-state index contributed by atoms with van der Waals surface area (Å²) in [7, 11) is 0. The molecule has 3 aromatic carbocycles. The summed E-state index contributed by atoms with van der Waals surface area (Å²) in [4.78, 5) is 11.2. The summed E-state index contributed by atoms with van der Waals surface area (Å²) in [5.74, 6) is 0. The Morgan fingerprint density at radius 1 is 0.708 bits per heavy atom. The van der Waals surface area contributed by atoms with Crippen LogP contribution in [0.2, 0.25) is 0 Å². The molecule has 0 aromatic heterocycles. The van der Waals surface area contributed by atoms with Crippen LogP contribution in [0.4, 0.5) is 0 Å². The van der Waals surface area contributed by atoms with Crippen molar-refractivity contribution in [3.8, 4) is 0 Å². The molecule has 0 aliphatic heterocycles. The quantitative estimate of drug-likeness (QED) is 0.586. The van der Waals surface area contributed by atoms with Gasteiger partial charge in [0.2, 0.25) is 0 Å². The van der Waals surface area contributed by atoms with Gasteiger partial charge in [0.1, 0.15) is 0 Å². The van der Waals surface area contributed by atoms with Gasteiger partial charge in [-0.05, 0) is 45.2 Å². The Kier molecular flexibility index (Phi) is 3.68. The number of rotatable bonds is 4. The van der Waals surface area contributed by atoms with Gasteiger partial charge in [-0.25, -0.2) is 0 Å². The third-order valence-corrected chi connectivity index (χ3v) is 4.31. The normalized spacial score (nSPS) is 13.9. The van der Waals surface area contributed by atoms with Crippen LogP contribution in [0.5, 0.6) is 0 Å². The van der Waals surface area contributed by atoms with E-state index < -0.39 is 0 Å². The molecule has 0 atom stereocenters. The first-order valence-corrected chi connectivity index (χ1v) is 7.99. The van der Waals surface area contributed by atoms with E-state index in [1.807, 2.05) is 36.4 Å². The Morgan fingerprint density at radius 3 is 2.25 bits per heavy atom. The van der Waals surface area contributed by atoms with Crippen molar-refractivity contribution in [1.82, 2.24) is 0 Å². The molecule has 1 heteroatoms. The van der Waals surface area contributed by atoms with Crippen molar-refractivity contribution in [3.63, 3.8) is 0 Å². The maximum absolute atomic E-state index is 11.2. The van der Waals surface area contributed by atoms with E-state index in [4.69, 9.17) is 0 Å². The summed E-state index contributed by atoms with van der Waals surface area (Å²) >= 11 is 0. The summed E-state index contributed by atoms with van der Waals surface area (Å²) < 4.78 is 0. The van der Waals surface area contributed by atoms with E-state index in [9.17, 15) is 4.79 Å². The highest BCUT2D eigenvalue weighted by Crippen LogP contribution is 2.35. The van der Waals surface area contributed by atoms with Crippen LogP contribution in [0, 0.1) is 0 Å². The summed E-state index contributed by atoms with van der Waals surface area (Å²) in [6.07, 6.45) is 7.05. The average Bonchev–Trinajstić information content (AvgIpc) is 2.62. The lowest BCUT2D eigenvalue weighted by Gasteiger charge is -2.19. The summed E-state index contributed by atoms with van der Waals surface area (Å²) in [6.45, 7) is 0. The van der Waals surface area contributed by atoms with Crippen molar-refractivity contribution < 1.29 is 4.79 Å². The predicted molar refractivity (Wildman–Crippen MR) is 100 cm³/mol. The Labute approximate surface area is 141 Å². The van der Waals surface area contributed by atoms with Crippen LogP contribution in [0.25, 0.3) is 22.4 Å². The molecule has 114 valence electrons. The molecule has 0 spiro atoms. The number of carbonyl (C=O) groups is 1. The largest absolute Gasteiger partial charge is 0.298 e. The molecular weight excluding hydrogens is 292 g/mol. The number of allylic oxidation sites excluding steroid dienone is 5. The van der Waals surface area contributed by atoms with Crippen LogP contribution in [0.3, 0.4) is 0 Å². The van der Waals surface area contributed by atoms with E-state index in [2.05, 4.69) is 54.6 Å². The lowest BCUT2D eigenvalue weighted by molar-refractivity contribution is -0.104. The van der Waals surface area contributed by atoms with Crippen molar-refractivity contribution in [3.05, 3.63) is 107 Å². The molecule has 0 radical (unpaired) electrons. The maximum Gasteiger partial charge on any atom is 0.150 e. The summed E-state index contributed by atoms with van der Waals surface area (Å²) in [5, 5.41) is 2.47. The number of hydrogen-bond donors (Lipinski definition) is 0. The molecule has 0 saturated heterocycles. The monoisotopic (exact) mass is 308 g/mol. The predicted octanol–water partition coefficient (Wildman–Crippen LogP) is 5.45. The SMILES string of the molecule is O=CC1=CC(/C=C/c2ccc3ccccc3c2)=C1c1ccccc1. The van der Waals surface area contributed by atoms with Gasteiger partial charge in [-0.15, -0.1) is 0 Å². The third-order valence-electron chi connectivity index (χ3n) is 4.31. The van der Waals surface area contributed by atoms with Gasteiger partial charge in [-0.3, -0.25) is 4.79 Å². The van der Waals surface area contributed by atoms with E-state index in [0.29, 0.717) is 0 Å². The fourth-order valence-electron chi connectivity index (χ4n) is 3.06. The lowest BCUT2D eigenvalue weighted by atomic mass is 9.84. The van der Waals surface area contributed by atoms with Gasteiger partial charge in [-0.2, -0.15) is 0 Å². The molecule has 1 nitrogen and oxygen atoms in total. The van der Waals surface area contributed by atoms with E-state index in [-0.39, 0.29) is 0 Å². The van der Waals surface area contributed by atoms with Gasteiger partial charge in [0, 0.05) is 5.57 Å².